The molecule has 0 radical (unpaired) electrons. The van der Waals surface area contributed by atoms with E-state index in [2.05, 4.69) is 23.8 Å². The highest BCUT2D eigenvalue weighted by atomic mass is 16.6. The number of cyclic esters (lactones) is 2. The summed E-state index contributed by atoms with van der Waals surface area (Å²) in [4.78, 5) is 22.4. The molecule has 1 rings (SSSR count). The second-order valence-corrected chi connectivity index (χ2v) is 8.50. The lowest BCUT2D eigenvalue weighted by Crippen LogP contribution is -2.06. The Morgan fingerprint density at radius 2 is 1.14 bits per heavy atom. The predicted octanol–water partition coefficient (Wildman–Crippen LogP) is 7.67. The van der Waals surface area contributed by atoms with Crippen LogP contribution in [0.2, 0.25) is 0 Å². The van der Waals surface area contributed by atoms with Crippen LogP contribution in [0, 0.1) is 5.92 Å². The van der Waals surface area contributed by atoms with Crippen LogP contribution in [-0.2, 0) is 14.3 Å². The van der Waals surface area contributed by atoms with Crippen molar-refractivity contribution in [3.8, 4) is 0 Å². The minimum absolute atomic E-state index is 0.157. The van der Waals surface area contributed by atoms with Crippen molar-refractivity contribution in [1.82, 2.24) is 0 Å². The van der Waals surface area contributed by atoms with Crippen LogP contribution in [0.1, 0.15) is 129 Å². The van der Waals surface area contributed by atoms with Crippen LogP contribution in [0.5, 0.6) is 0 Å². The summed E-state index contributed by atoms with van der Waals surface area (Å²) < 4.78 is 4.59. The molecule has 0 aromatic carbocycles. The van der Waals surface area contributed by atoms with Crippen LogP contribution < -0.4 is 0 Å². The van der Waals surface area contributed by atoms with Gasteiger partial charge in [0.25, 0.3) is 0 Å². The molecule has 1 fully saturated rings. The Morgan fingerprint density at radius 3 is 1.54 bits per heavy atom. The summed E-state index contributed by atoms with van der Waals surface area (Å²) in [6, 6.07) is 0. The molecule has 0 aliphatic carbocycles. The van der Waals surface area contributed by atoms with Crippen LogP contribution >= 0.6 is 0 Å². The first-order chi connectivity index (χ1) is 13.7. The molecule has 0 saturated carbocycles. The number of rotatable bonds is 19. The van der Waals surface area contributed by atoms with E-state index in [-0.39, 0.29) is 17.9 Å². The topological polar surface area (TPSA) is 43.4 Å². The highest BCUT2D eigenvalue weighted by molar-refractivity contribution is 5.94. The minimum Gasteiger partial charge on any atom is -0.393 e. The van der Waals surface area contributed by atoms with E-state index in [1.165, 1.54) is 103 Å². The van der Waals surface area contributed by atoms with Gasteiger partial charge in [0.1, 0.15) is 0 Å². The SMILES string of the molecule is C/C=C/CCCCCCCCCCCCCCCCCCC1CC(=O)OC1=O. The van der Waals surface area contributed by atoms with Gasteiger partial charge in [0, 0.05) is 0 Å². The third-order valence-corrected chi connectivity index (χ3v) is 5.87. The van der Waals surface area contributed by atoms with Gasteiger partial charge in [0.05, 0.1) is 12.3 Å². The van der Waals surface area contributed by atoms with Crippen LogP contribution in [0.15, 0.2) is 12.2 Å². The molecule has 3 nitrogen and oxygen atoms in total. The number of carbonyl (C=O) groups excluding carboxylic acids is 2. The highest BCUT2D eigenvalue weighted by Gasteiger charge is 2.32. The van der Waals surface area contributed by atoms with E-state index in [9.17, 15) is 9.59 Å². The van der Waals surface area contributed by atoms with E-state index < -0.39 is 0 Å². The fraction of sp³-hybridized carbons (Fsp3) is 0.840. The molecule has 1 aliphatic heterocycles. The third kappa shape index (κ3) is 14.0. The maximum Gasteiger partial charge on any atom is 0.317 e. The van der Waals surface area contributed by atoms with Gasteiger partial charge in [0.2, 0.25) is 0 Å². The summed E-state index contributed by atoms with van der Waals surface area (Å²) in [5.41, 5.74) is 0. The van der Waals surface area contributed by atoms with E-state index in [0.29, 0.717) is 6.42 Å². The number of hydrogen-bond acceptors (Lipinski definition) is 3. The summed E-state index contributed by atoms with van der Waals surface area (Å²) >= 11 is 0. The Morgan fingerprint density at radius 1 is 0.714 bits per heavy atom. The van der Waals surface area contributed by atoms with Gasteiger partial charge in [-0.15, -0.1) is 0 Å². The van der Waals surface area contributed by atoms with E-state index in [1.54, 1.807) is 0 Å². The van der Waals surface area contributed by atoms with E-state index in [4.69, 9.17) is 0 Å². The number of hydrogen-bond donors (Lipinski definition) is 0. The Labute approximate surface area is 173 Å². The molecule has 1 saturated heterocycles. The van der Waals surface area contributed by atoms with Gasteiger partial charge in [-0.25, -0.2) is 0 Å². The molecule has 162 valence electrons. The smallest absolute Gasteiger partial charge is 0.317 e. The lowest BCUT2D eigenvalue weighted by molar-refractivity contribution is -0.153. The van der Waals surface area contributed by atoms with Crippen molar-refractivity contribution in [2.45, 2.75) is 129 Å². The quantitative estimate of drug-likeness (QED) is 0.0980. The van der Waals surface area contributed by atoms with Crippen molar-refractivity contribution in [2.24, 2.45) is 5.92 Å². The average molecular weight is 393 g/mol. The Hall–Kier alpha value is -1.12. The van der Waals surface area contributed by atoms with Gasteiger partial charge in [-0.1, -0.05) is 108 Å². The van der Waals surface area contributed by atoms with Gasteiger partial charge < -0.3 is 4.74 Å². The minimum atomic E-state index is -0.342. The van der Waals surface area contributed by atoms with Crippen molar-refractivity contribution < 1.29 is 14.3 Å². The molecule has 3 heteroatoms. The maximum absolute atomic E-state index is 11.4. The Kier molecular flexibility index (Phi) is 16.0. The summed E-state index contributed by atoms with van der Waals surface area (Å²) in [6.07, 6.45) is 28.4. The Balaban J connectivity index is 1.70. The third-order valence-electron chi connectivity index (χ3n) is 5.87. The van der Waals surface area contributed by atoms with E-state index >= 15 is 0 Å². The maximum atomic E-state index is 11.4. The first kappa shape index (κ1) is 24.9. The van der Waals surface area contributed by atoms with Gasteiger partial charge >= 0.3 is 11.9 Å². The molecule has 1 heterocycles. The monoisotopic (exact) mass is 392 g/mol. The van der Waals surface area contributed by atoms with Crippen LogP contribution in [-0.4, -0.2) is 11.9 Å². The van der Waals surface area contributed by atoms with Gasteiger partial charge in [-0.05, 0) is 26.2 Å². The largest absolute Gasteiger partial charge is 0.393 e. The van der Waals surface area contributed by atoms with E-state index in [0.717, 1.165) is 12.8 Å². The van der Waals surface area contributed by atoms with Crippen LogP contribution in [0.25, 0.3) is 0 Å². The van der Waals surface area contributed by atoms with Crippen molar-refractivity contribution >= 4 is 11.9 Å². The Bertz CT molecular complexity index is 428. The highest BCUT2D eigenvalue weighted by Crippen LogP contribution is 2.22. The lowest BCUT2D eigenvalue weighted by Gasteiger charge is -2.05. The summed E-state index contributed by atoms with van der Waals surface area (Å²) in [7, 11) is 0. The molecule has 0 aromatic rings. The molecule has 28 heavy (non-hydrogen) atoms. The van der Waals surface area contributed by atoms with Crippen molar-refractivity contribution in [2.75, 3.05) is 0 Å². The zero-order valence-corrected chi connectivity index (χ0v) is 18.4. The number of esters is 2. The van der Waals surface area contributed by atoms with Crippen molar-refractivity contribution in [1.29, 1.82) is 0 Å². The first-order valence-corrected chi connectivity index (χ1v) is 12.1. The summed E-state index contributed by atoms with van der Waals surface area (Å²) in [5.74, 6) is -0.800. The normalized spacial score (nSPS) is 17.0. The second kappa shape index (κ2) is 17.9. The standard InChI is InChI=1S/C25H44O3/c1-2-3-4-5-6-7-8-9-10-11-12-13-14-15-16-17-18-19-20-21-23-22-24(26)28-25(23)27/h2-3,23H,4-22H2,1H3/b3-2+. The molecule has 0 bridgehead atoms. The van der Waals surface area contributed by atoms with Crippen molar-refractivity contribution in [3.05, 3.63) is 12.2 Å². The zero-order valence-electron chi connectivity index (χ0n) is 18.4. The molecule has 0 amide bonds. The van der Waals surface area contributed by atoms with Crippen molar-refractivity contribution in [3.63, 3.8) is 0 Å². The summed E-state index contributed by atoms with van der Waals surface area (Å²) in [6.45, 7) is 2.10. The zero-order chi connectivity index (χ0) is 20.3. The molecule has 0 aromatic heterocycles. The molecule has 1 atom stereocenters. The first-order valence-electron chi connectivity index (χ1n) is 12.1. The van der Waals surface area contributed by atoms with Crippen LogP contribution in [0.4, 0.5) is 0 Å². The number of carbonyl (C=O) groups is 2. The number of unbranched alkanes of at least 4 members (excludes halogenated alkanes) is 16. The predicted molar refractivity (Wildman–Crippen MR) is 117 cm³/mol. The average Bonchev–Trinajstić information content (AvgIpc) is 3.00. The van der Waals surface area contributed by atoms with Gasteiger partial charge in [-0.3, -0.25) is 9.59 Å². The molecule has 1 unspecified atom stereocenters. The van der Waals surface area contributed by atoms with Gasteiger partial charge in [0.15, 0.2) is 0 Å². The fourth-order valence-corrected chi connectivity index (χ4v) is 4.04. The summed E-state index contributed by atoms with van der Waals surface area (Å²) in [5, 5.41) is 0. The fourth-order valence-electron chi connectivity index (χ4n) is 4.04. The molecule has 0 N–H and O–H groups in total. The number of ether oxygens (including phenoxy) is 1. The molecule has 0 spiro atoms. The van der Waals surface area contributed by atoms with Gasteiger partial charge in [-0.2, -0.15) is 0 Å². The van der Waals surface area contributed by atoms with Crippen LogP contribution in [0.3, 0.4) is 0 Å². The number of allylic oxidation sites excluding steroid dienone is 2. The van der Waals surface area contributed by atoms with E-state index in [1.807, 2.05) is 0 Å². The lowest BCUT2D eigenvalue weighted by atomic mass is 9.98. The molecular formula is C25H44O3. The molecule has 1 aliphatic rings. The molecular weight excluding hydrogens is 348 g/mol. The second-order valence-electron chi connectivity index (χ2n) is 8.50.